The Labute approximate surface area is 126 Å². The molecule has 1 fully saturated rings. The second-order valence-corrected chi connectivity index (χ2v) is 7.08. The molecule has 0 aromatic heterocycles. The van der Waals surface area contributed by atoms with Gasteiger partial charge >= 0.3 is 0 Å². The van der Waals surface area contributed by atoms with E-state index in [9.17, 15) is 0 Å². The summed E-state index contributed by atoms with van der Waals surface area (Å²) in [5, 5.41) is 0. The minimum atomic E-state index is 0.00874. The predicted molar refractivity (Wildman–Crippen MR) is 87.9 cm³/mol. The van der Waals surface area contributed by atoms with Crippen LogP contribution in [0.1, 0.15) is 85.0 Å². The molecule has 0 radical (unpaired) electrons. The van der Waals surface area contributed by atoms with Crippen LogP contribution < -0.4 is 5.73 Å². The summed E-state index contributed by atoms with van der Waals surface area (Å²) in [4.78, 5) is 0. The molecule has 2 heteroatoms. The summed E-state index contributed by atoms with van der Waals surface area (Å²) in [5.41, 5.74) is 6.02. The Balaban J connectivity index is 2.16. The zero-order valence-corrected chi connectivity index (χ0v) is 14.1. The largest absolute Gasteiger partial charge is 0.374 e. The molecule has 0 saturated heterocycles. The third kappa shape index (κ3) is 6.13. The molecule has 120 valence electrons. The van der Waals surface area contributed by atoms with E-state index in [-0.39, 0.29) is 5.60 Å². The van der Waals surface area contributed by atoms with Gasteiger partial charge < -0.3 is 10.5 Å². The van der Waals surface area contributed by atoms with Crippen LogP contribution in [0.3, 0.4) is 0 Å². The molecule has 1 aliphatic carbocycles. The number of unbranched alkanes of at least 4 members (excludes halogenated alkanes) is 5. The summed E-state index contributed by atoms with van der Waals surface area (Å²) in [6.07, 6.45) is 12.9. The lowest BCUT2D eigenvalue weighted by molar-refractivity contribution is -0.0756. The van der Waals surface area contributed by atoms with Gasteiger partial charge in [0.25, 0.3) is 0 Å². The summed E-state index contributed by atoms with van der Waals surface area (Å²) in [7, 11) is 0. The molecule has 1 aliphatic rings. The standard InChI is InChI=1S/C18H37NO/c1-4-5-6-7-8-9-14-20-18(15-19)12-10-17(11-13-18)16(2)3/h16-17H,4-15,19H2,1-3H3. The van der Waals surface area contributed by atoms with Crippen LogP contribution in [0.15, 0.2) is 0 Å². The van der Waals surface area contributed by atoms with Crippen molar-refractivity contribution < 1.29 is 4.74 Å². The lowest BCUT2D eigenvalue weighted by Gasteiger charge is -2.40. The van der Waals surface area contributed by atoms with E-state index in [4.69, 9.17) is 10.5 Å². The van der Waals surface area contributed by atoms with Crippen molar-refractivity contribution in [2.45, 2.75) is 90.6 Å². The van der Waals surface area contributed by atoms with Gasteiger partial charge in [-0.3, -0.25) is 0 Å². The van der Waals surface area contributed by atoms with E-state index in [2.05, 4.69) is 20.8 Å². The zero-order valence-electron chi connectivity index (χ0n) is 14.1. The van der Waals surface area contributed by atoms with Crippen LogP contribution in [0.5, 0.6) is 0 Å². The Morgan fingerprint density at radius 2 is 1.65 bits per heavy atom. The van der Waals surface area contributed by atoms with Crippen LogP contribution in [-0.2, 0) is 4.74 Å². The maximum Gasteiger partial charge on any atom is 0.0804 e. The molecule has 0 atom stereocenters. The first-order chi connectivity index (χ1) is 9.63. The molecular weight excluding hydrogens is 246 g/mol. The summed E-state index contributed by atoms with van der Waals surface area (Å²) < 4.78 is 6.23. The molecule has 20 heavy (non-hydrogen) atoms. The van der Waals surface area contributed by atoms with Gasteiger partial charge in [0, 0.05) is 13.2 Å². The normalized spacial score (nSPS) is 27.1. The van der Waals surface area contributed by atoms with Crippen molar-refractivity contribution in [3.63, 3.8) is 0 Å². The lowest BCUT2D eigenvalue weighted by atomic mass is 9.74. The predicted octanol–water partition coefficient (Wildman–Crippen LogP) is 4.91. The van der Waals surface area contributed by atoms with E-state index in [1.807, 2.05) is 0 Å². The molecule has 1 saturated carbocycles. The summed E-state index contributed by atoms with van der Waals surface area (Å²) in [6.45, 7) is 8.57. The van der Waals surface area contributed by atoms with Gasteiger partial charge in [-0.1, -0.05) is 52.9 Å². The first-order valence-corrected chi connectivity index (χ1v) is 8.97. The van der Waals surface area contributed by atoms with Crippen LogP contribution in [0.4, 0.5) is 0 Å². The quantitative estimate of drug-likeness (QED) is 0.578. The van der Waals surface area contributed by atoms with Crippen molar-refractivity contribution in [2.24, 2.45) is 17.6 Å². The Morgan fingerprint density at radius 1 is 1.05 bits per heavy atom. The molecule has 2 nitrogen and oxygen atoms in total. The first-order valence-electron chi connectivity index (χ1n) is 8.97. The molecule has 0 unspecified atom stereocenters. The summed E-state index contributed by atoms with van der Waals surface area (Å²) >= 11 is 0. The van der Waals surface area contributed by atoms with Gasteiger partial charge in [-0.25, -0.2) is 0 Å². The maximum atomic E-state index is 6.23. The zero-order chi connectivity index (χ0) is 14.8. The van der Waals surface area contributed by atoms with Crippen LogP contribution in [0.25, 0.3) is 0 Å². The highest BCUT2D eigenvalue weighted by atomic mass is 16.5. The van der Waals surface area contributed by atoms with Gasteiger partial charge in [-0.15, -0.1) is 0 Å². The van der Waals surface area contributed by atoms with Crippen molar-refractivity contribution >= 4 is 0 Å². The molecule has 2 N–H and O–H groups in total. The van der Waals surface area contributed by atoms with Gasteiger partial charge in [0.1, 0.15) is 0 Å². The first kappa shape index (κ1) is 18.0. The second kappa shape index (κ2) is 9.78. The topological polar surface area (TPSA) is 35.2 Å². The molecule has 0 bridgehead atoms. The Bertz CT molecular complexity index is 232. The van der Waals surface area contributed by atoms with E-state index >= 15 is 0 Å². The minimum Gasteiger partial charge on any atom is -0.374 e. The molecule has 0 amide bonds. The maximum absolute atomic E-state index is 6.23. The van der Waals surface area contributed by atoms with E-state index in [0.29, 0.717) is 6.54 Å². The highest BCUT2D eigenvalue weighted by Gasteiger charge is 2.35. The number of rotatable bonds is 10. The highest BCUT2D eigenvalue weighted by Crippen LogP contribution is 2.37. The van der Waals surface area contributed by atoms with Gasteiger partial charge in [0.2, 0.25) is 0 Å². The average molecular weight is 284 g/mol. The third-order valence-electron chi connectivity index (χ3n) is 5.16. The fourth-order valence-corrected chi connectivity index (χ4v) is 3.41. The number of hydrogen-bond donors (Lipinski definition) is 1. The van der Waals surface area contributed by atoms with Crippen molar-refractivity contribution in [1.29, 1.82) is 0 Å². The Hall–Kier alpha value is -0.0800. The molecule has 0 heterocycles. The second-order valence-electron chi connectivity index (χ2n) is 7.08. The molecule has 0 aliphatic heterocycles. The number of ether oxygens (including phenoxy) is 1. The Morgan fingerprint density at radius 3 is 2.20 bits per heavy atom. The van der Waals surface area contributed by atoms with E-state index in [0.717, 1.165) is 18.4 Å². The molecule has 0 spiro atoms. The van der Waals surface area contributed by atoms with Crippen LogP contribution in [0, 0.1) is 11.8 Å². The lowest BCUT2D eigenvalue weighted by Crippen LogP contribution is -2.44. The van der Waals surface area contributed by atoms with Gasteiger partial charge in [-0.2, -0.15) is 0 Å². The fraction of sp³-hybridized carbons (Fsp3) is 1.00. The summed E-state index contributed by atoms with van der Waals surface area (Å²) in [6, 6.07) is 0. The average Bonchev–Trinajstić information content (AvgIpc) is 2.46. The van der Waals surface area contributed by atoms with Crippen LogP contribution in [-0.4, -0.2) is 18.8 Å². The summed E-state index contributed by atoms with van der Waals surface area (Å²) in [5.74, 6) is 1.69. The SMILES string of the molecule is CCCCCCCCOC1(CN)CCC(C(C)C)CC1. The Kier molecular flexibility index (Phi) is 8.79. The van der Waals surface area contributed by atoms with Crippen LogP contribution >= 0.6 is 0 Å². The molecule has 0 aromatic carbocycles. The van der Waals surface area contributed by atoms with Crippen molar-refractivity contribution in [2.75, 3.05) is 13.2 Å². The minimum absolute atomic E-state index is 0.00874. The number of nitrogens with two attached hydrogens (primary N) is 1. The van der Waals surface area contributed by atoms with Crippen molar-refractivity contribution in [1.82, 2.24) is 0 Å². The molecule has 1 rings (SSSR count). The van der Waals surface area contributed by atoms with E-state index in [1.165, 1.54) is 64.2 Å². The van der Waals surface area contributed by atoms with Gasteiger partial charge in [0.05, 0.1) is 5.60 Å². The van der Waals surface area contributed by atoms with Crippen molar-refractivity contribution in [3.8, 4) is 0 Å². The van der Waals surface area contributed by atoms with E-state index < -0.39 is 0 Å². The van der Waals surface area contributed by atoms with Crippen LogP contribution in [0.2, 0.25) is 0 Å². The fourth-order valence-electron chi connectivity index (χ4n) is 3.41. The van der Waals surface area contributed by atoms with E-state index in [1.54, 1.807) is 0 Å². The highest BCUT2D eigenvalue weighted by molar-refractivity contribution is 4.89. The molecular formula is C18H37NO. The smallest absolute Gasteiger partial charge is 0.0804 e. The monoisotopic (exact) mass is 283 g/mol. The van der Waals surface area contributed by atoms with Gasteiger partial charge in [0.15, 0.2) is 0 Å². The number of hydrogen-bond acceptors (Lipinski definition) is 2. The van der Waals surface area contributed by atoms with Crippen molar-refractivity contribution in [3.05, 3.63) is 0 Å². The van der Waals surface area contributed by atoms with Gasteiger partial charge in [-0.05, 0) is 43.9 Å². The molecule has 0 aromatic rings. The third-order valence-corrected chi connectivity index (χ3v) is 5.16.